The van der Waals surface area contributed by atoms with Crippen LogP contribution >= 0.6 is 11.8 Å². The second kappa shape index (κ2) is 13.0. The van der Waals surface area contributed by atoms with Crippen LogP contribution in [0.1, 0.15) is 104 Å². The Labute approximate surface area is 211 Å². The summed E-state index contributed by atoms with van der Waals surface area (Å²) in [5, 5.41) is 25.2. The first-order valence-corrected chi connectivity index (χ1v) is 12.7. The molecule has 2 nitrogen and oxygen atoms in total. The minimum Gasteiger partial charge on any atom is -0.872 e. The van der Waals surface area contributed by atoms with Gasteiger partial charge < -0.3 is 10.2 Å². The maximum absolute atomic E-state index is 12.6. The zero-order valence-electron chi connectivity index (χ0n) is 20.6. The van der Waals surface area contributed by atoms with Gasteiger partial charge in [0.1, 0.15) is 0 Å². The molecule has 0 heterocycles. The molecule has 0 unspecified atom stereocenters. The number of unbranched alkanes of at least 4 members (excludes halogenated alkanes) is 4. The van der Waals surface area contributed by atoms with Gasteiger partial charge >= 0.3 is 17.1 Å². The third-order valence-corrected chi connectivity index (χ3v) is 7.56. The van der Waals surface area contributed by atoms with Gasteiger partial charge in [0, 0.05) is 9.79 Å². The molecule has 0 amide bonds. The molecule has 0 atom stereocenters. The predicted molar refractivity (Wildman–Crippen MR) is 130 cm³/mol. The molecule has 0 fully saturated rings. The molecular formula is C28H40CuO2S. The van der Waals surface area contributed by atoms with Crippen molar-refractivity contribution in [3.63, 3.8) is 0 Å². The van der Waals surface area contributed by atoms with Crippen LogP contribution in [-0.4, -0.2) is 0 Å². The van der Waals surface area contributed by atoms with E-state index < -0.39 is 0 Å². The van der Waals surface area contributed by atoms with E-state index in [4.69, 9.17) is 0 Å². The van der Waals surface area contributed by atoms with Crippen LogP contribution in [0.3, 0.4) is 0 Å². The molecule has 2 aromatic rings. The molecular weight excluding hydrogens is 464 g/mol. The number of rotatable bonds is 12. The molecule has 181 valence electrons. The summed E-state index contributed by atoms with van der Waals surface area (Å²) < 4.78 is 0. The maximum atomic E-state index is 12.6. The Bertz CT molecular complexity index is 776. The van der Waals surface area contributed by atoms with Crippen LogP contribution in [0.5, 0.6) is 11.5 Å². The topological polar surface area (TPSA) is 46.1 Å². The van der Waals surface area contributed by atoms with Gasteiger partial charge in [0.05, 0.1) is 0 Å². The quantitative estimate of drug-likeness (QED) is 0.220. The van der Waals surface area contributed by atoms with Crippen LogP contribution in [0, 0.1) is 0 Å². The summed E-state index contributed by atoms with van der Waals surface area (Å²) in [6, 6.07) is 11.3. The van der Waals surface area contributed by atoms with Gasteiger partial charge in [-0.2, -0.15) is 0 Å². The van der Waals surface area contributed by atoms with Gasteiger partial charge in [-0.1, -0.05) is 128 Å². The molecule has 0 saturated carbocycles. The SMILES string of the molecule is CCCCCC(C)(C)c1ccc([O-])c(Sc2cc(C(C)(C)CCCCC)ccc2[O-])c1.[Cu+2]. The molecule has 0 spiro atoms. The van der Waals surface area contributed by atoms with Crippen molar-refractivity contribution in [1.82, 2.24) is 0 Å². The van der Waals surface area contributed by atoms with Crippen molar-refractivity contribution in [2.24, 2.45) is 0 Å². The van der Waals surface area contributed by atoms with Crippen LogP contribution in [0.25, 0.3) is 0 Å². The van der Waals surface area contributed by atoms with Crippen LogP contribution in [0.4, 0.5) is 0 Å². The van der Waals surface area contributed by atoms with Crippen LogP contribution in [0.2, 0.25) is 0 Å². The van der Waals surface area contributed by atoms with Crippen LogP contribution in [0.15, 0.2) is 46.2 Å². The molecule has 0 aliphatic rings. The summed E-state index contributed by atoms with van der Waals surface area (Å²) >= 11 is 1.33. The van der Waals surface area contributed by atoms with Gasteiger partial charge in [0.2, 0.25) is 0 Å². The van der Waals surface area contributed by atoms with Crippen molar-refractivity contribution in [3.05, 3.63) is 47.5 Å². The number of hydrogen-bond donors (Lipinski definition) is 0. The van der Waals surface area contributed by atoms with E-state index in [1.165, 1.54) is 61.4 Å². The van der Waals surface area contributed by atoms with Crippen molar-refractivity contribution in [1.29, 1.82) is 0 Å². The molecule has 0 aromatic heterocycles. The summed E-state index contributed by atoms with van der Waals surface area (Å²) in [6.07, 6.45) is 9.42. The average Bonchev–Trinajstić information content (AvgIpc) is 2.71. The maximum Gasteiger partial charge on any atom is 2.00 e. The Balaban J connectivity index is 0.00000512. The van der Waals surface area contributed by atoms with E-state index in [-0.39, 0.29) is 39.4 Å². The van der Waals surface area contributed by atoms with Crippen molar-refractivity contribution >= 4 is 11.8 Å². The molecule has 4 heteroatoms. The minimum absolute atomic E-state index is 0. The van der Waals surface area contributed by atoms with Gasteiger partial charge in [-0.05, 0) is 46.9 Å². The summed E-state index contributed by atoms with van der Waals surface area (Å²) in [5.41, 5.74) is 2.38. The first-order chi connectivity index (χ1) is 14.6. The Morgan fingerprint density at radius 3 is 1.38 bits per heavy atom. The van der Waals surface area contributed by atoms with Crippen molar-refractivity contribution in [2.75, 3.05) is 0 Å². The first-order valence-electron chi connectivity index (χ1n) is 11.9. The molecule has 0 bridgehead atoms. The van der Waals surface area contributed by atoms with Gasteiger partial charge in [-0.3, -0.25) is 0 Å². The van der Waals surface area contributed by atoms with Crippen LogP contribution < -0.4 is 10.2 Å². The third kappa shape index (κ3) is 8.04. The van der Waals surface area contributed by atoms with E-state index >= 15 is 0 Å². The van der Waals surface area contributed by atoms with Gasteiger partial charge in [0.15, 0.2) is 0 Å². The monoisotopic (exact) mass is 503 g/mol. The first kappa shape index (κ1) is 28.9. The Morgan fingerprint density at radius 1 is 0.656 bits per heavy atom. The van der Waals surface area contributed by atoms with Crippen molar-refractivity contribution in [2.45, 2.75) is 114 Å². The van der Waals surface area contributed by atoms with Crippen molar-refractivity contribution in [3.8, 4) is 11.5 Å². The molecule has 0 aliphatic carbocycles. The zero-order valence-corrected chi connectivity index (χ0v) is 22.4. The molecule has 1 radical (unpaired) electrons. The minimum atomic E-state index is -0.00915. The summed E-state index contributed by atoms with van der Waals surface area (Å²) in [7, 11) is 0. The van der Waals surface area contributed by atoms with E-state index in [1.54, 1.807) is 12.1 Å². The summed E-state index contributed by atoms with van der Waals surface area (Å²) in [4.78, 5) is 1.30. The van der Waals surface area contributed by atoms with E-state index in [0.717, 1.165) is 12.8 Å². The Kier molecular flexibility index (Phi) is 11.7. The van der Waals surface area contributed by atoms with E-state index in [0.29, 0.717) is 9.79 Å². The summed E-state index contributed by atoms with van der Waals surface area (Å²) in [6.45, 7) is 13.4. The summed E-state index contributed by atoms with van der Waals surface area (Å²) in [5.74, 6) is -0.0183. The average molecular weight is 504 g/mol. The standard InChI is InChI=1S/C28H42O2S.Cu/c1-7-9-11-17-27(3,4)21-13-15-23(29)25(19-21)31-26-20-22(14-16-24(26)30)28(5,6)18-12-10-8-2;/h13-16,19-20,29-30H,7-12,17-18H2,1-6H3;/q;+2/p-2. The Morgan fingerprint density at radius 2 is 1.03 bits per heavy atom. The van der Waals surface area contributed by atoms with Gasteiger partial charge in [-0.25, -0.2) is 0 Å². The molecule has 2 rings (SSSR count). The predicted octanol–water partition coefficient (Wildman–Crippen LogP) is 7.70. The normalized spacial score (nSPS) is 11.9. The van der Waals surface area contributed by atoms with Gasteiger partial charge in [0.25, 0.3) is 0 Å². The van der Waals surface area contributed by atoms with E-state index in [1.807, 2.05) is 24.3 Å². The fourth-order valence-electron chi connectivity index (χ4n) is 4.06. The Hall–Kier alpha value is -1.09. The fraction of sp³-hybridized carbons (Fsp3) is 0.571. The largest absolute Gasteiger partial charge is 2.00 e. The van der Waals surface area contributed by atoms with E-state index in [2.05, 4.69) is 41.5 Å². The number of benzene rings is 2. The molecule has 0 saturated heterocycles. The number of hydrogen-bond acceptors (Lipinski definition) is 3. The van der Waals surface area contributed by atoms with Crippen molar-refractivity contribution < 1.29 is 27.3 Å². The smallest absolute Gasteiger partial charge is 0.872 e. The molecule has 2 aromatic carbocycles. The fourth-order valence-corrected chi connectivity index (χ4v) is 5.00. The third-order valence-electron chi connectivity index (χ3n) is 6.48. The molecule has 0 aliphatic heterocycles. The second-order valence-electron chi connectivity index (χ2n) is 10.1. The van der Waals surface area contributed by atoms with Gasteiger partial charge in [-0.15, -0.1) is 0 Å². The second-order valence-corrected chi connectivity index (χ2v) is 11.2. The molecule has 0 N–H and O–H groups in total. The van der Waals surface area contributed by atoms with Crippen LogP contribution in [-0.2, 0) is 27.9 Å². The van der Waals surface area contributed by atoms with E-state index in [9.17, 15) is 10.2 Å². The molecule has 32 heavy (non-hydrogen) atoms. The zero-order chi connectivity index (χ0) is 23.1.